The topological polar surface area (TPSA) is 66.4 Å². The molecule has 0 spiro atoms. The summed E-state index contributed by atoms with van der Waals surface area (Å²) >= 11 is 0. The molecule has 15 heteroatoms. The normalized spacial score (nSPS) is 13.0. The van der Waals surface area contributed by atoms with E-state index in [0.717, 1.165) is 18.8 Å². The molecule has 0 N–H and O–H groups in total. The fraction of sp³-hybridized carbons (Fsp3) is 0.280. The molecule has 3 aromatic carbocycles. The van der Waals surface area contributed by atoms with E-state index >= 15 is 0 Å². The fourth-order valence-corrected chi connectivity index (χ4v) is 5.46. The summed E-state index contributed by atoms with van der Waals surface area (Å²) in [6, 6.07) is 29.9. The predicted molar refractivity (Wildman–Crippen MR) is 128 cm³/mol. The van der Waals surface area contributed by atoms with E-state index < -0.39 is 33.4 Å². The van der Waals surface area contributed by atoms with Crippen LogP contribution in [-0.2, 0) is 21.0 Å². The van der Waals surface area contributed by atoms with Gasteiger partial charge >= 0.3 is 23.3 Å². The third-order valence-corrected chi connectivity index (χ3v) is 8.04. The van der Waals surface area contributed by atoms with Crippen molar-refractivity contribution in [1.82, 2.24) is 0 Å². The summed E-state index contributed by atoms with van der Waals surface area (Å²) in [5, 5.41) is -7.11. The smallest absolute Gasteiger partial charge is 0.460 e. The molecule has 3 rings (SSSR count). The van der Waals surface area contributed by atoms with Crippen LogP contribution in [-0.4, -0.2) is 42.9 Å². The van der Waals surface area contributed by atoms with Crippen molar-refractivity contribution in [1.29, 1.82) is 0 Å². The lowest BCUT2D eigenvalue weighted by Gasteiger charge is -2.34. The third kappa shape index (κ3) is 7.23. The number of ether oxygens (including phenoxy) is 1. The maximum atomic E-state index is 12.2. The summed E-state index contributed by atoms with van der Waals surface area (Å²) < 4.78 is 141. The van der Waals surface area contributed by atoms with Gasteiger partial charge in [0.1, 0.15) is 5.75 Å². The van der Waals surface area contributed by atoms with Crippen molar-refractivity contribution in [2.75, 3.05) is 6.61 Å². The highest BCUT2D eigenvalue weighted by molar-refractivity contribution is 7.97. The molecule has 0 saturated heterocycles. The predicted octanol–water partition coefficient (Wildman–Crippen LogP) is 7.53. The second-order valence-corrected chi connectivity index (χ2v) is 11.3. The minimum Gasteiger partial charge on any atom is -0.743 e. The van der Waals surface area contributed by atoms with Crippen LogP contribution in [0, 0.1) is 0 Å². The summed E-state index contributed by atoms with van der Waals surface area (Å²) in [5.74, 6) is -13.9. The molecule has 0 aromatic heterocycles. The molecule has 0 aliphatic heterocycles. The molecule has 0 bridgehead atoms. The van der Waals surface area contributed by atoms with Crippen molar-refractivity contribution in [3.8, 4) is 5.75 Å². The molecule has 0 atom stereocenters. The van der Waals surface area contributed by atoms with Crippen LogP contribution in [0.25, 0.3) is 0 Å². The fourth-order valence-electron chi connectivity index (χ4n) is 2.93. The van der Waals surface area contributed by atoms with Crippen LogP contribution in [0.3, 0.4) is 0 Å². The van der Waals surface area contributed by atoms with E-state index in [2.05, 4.69) is 91.9 Å². The Bertz CT molecular complexity index is 1280. The van der Waals surface area contributed by atoms with Crippen molar-refractivity contribution in [3.05, 3.63) is 84.9 Å². The molecule has 0 fully saturated rings. The van der Waals surface area contributed by atoms with Crippen molar-refractivity contribution in [2.45, 2.75) is 51.3 Å². The Kier molecular flexibility index (Phi) is 10.6. The standard InChI is InChI=1S/C21H21OS.C4HF9O3S/c1-2-17-22-18-13-15-21(16-14-18)23(19-9-5-3-6-10-19)20-11-7-4-8-12-20;5-1(6,3(9,10)11)2(7,8)4(12,13)17(14,15)16/h3-16H,2,17H2,1H3;(H,14,15,16)/q+1;/p-1. The molecule has 4 nitrogen and oxygen atoms in total. The van der Waals surface area contributed by atoms with Crippen LogP contribution in [0.15, 0.2) is 99.6 Å². The first-order valence-electron chi connectivity index (χ1n) is 11.1. The van der Waals surface area contributed by atoms with Gasteiger partial charge in [-0.25, -0.2) is 8.42 Å². The van der Waals surface area contributed by atoms with Gasteiger partial charge in [-0.15, -0.1) is 0 Å². The van der Waals surface area contributed by atoms with E-state index in [0.29, 0.717) is 0 Å². The summed E-state index contributed by atoms with van der Waals surface area (Å²) in [7, 11) is -7.50. The zero-order chi connectivity index (χ0) is 30.4. The van der Waals surface area contributed by atoms with Crippen molar-refractivity contribution >= 4 is 21.0 Å². The minimum atomic E-state index is -7.43. The van der Waals surface area contributed by atoms with E-state index in [1.54, 1.807) is 0 Å². The van der Waals surface area contributed by atoms with Gasteiger partial charge < -0.3 is 9.29 Å². The molecule has 0 heterocycles. The van der Waals surface area contributed by atoms with E-state index in [4.69, 9.17) is 4.74 Å². The SMILES string of the molecule is CCCOc1ccc([S+](c2ccccc2)c2ccccc2)cc1.O=S(=O)([O-])C(F)(F)C(F)(F)C(F)(F)C(F)(F)F. The zero-order valence-corrected chi connectivity index (χ0v) is 22.0. The Hall–Kier alpha value is -2.91. The van der Waals surface area contributed by atoms with Crippen molar-refractivity contribution < 1.29 is 57.2 Å². The summed E-state index contributed by atoms with van der Waals surface area (Å²) in [4.78, 5) is 3.98. The molecule has 0 amide bonds. The van der Waals surface area contributed by atoms with Crippen LogP contribution in [0.1, 0.15) is 13.3 Å². The van der Waals surface area contributed by atoms with Gasteiger partial charge in [0.05, 0.1) is 17.5 Å². The second-order valence-electron chi connectivity index (χ2n) is 7.87. The lowest BCUT2D eigenvalue weighted by Crippen LogP contribution is -2.63. The molecule has 40 heavy (non-hydrogen) atoms. The van der Waals surface area contributed by atoms with E-state index in [9.17, 15) is 52.5 Å². The van der Waals surface area contributed by atoms with Gasteiger partial charge in [0.2, 0.25) is 0 Å². The van der Waals surface area contributed by atoms with Crippen LogP contribution < -0.4 is 4.74 Å². The summed E-state index contributed by atoms with van der Waals surface area (Å²) in [6.07, 6.45) is -6.13. The first kappa shape index (κ1) is 33.3. The first-order valence-corrected chi connectivity index (χ1v) is 13.7. The Morgan fingerprint density at radius 3 is 1.43 bits per heavy atom. The Labute approximate surface area is 226 Å². The Morgan fingerprint density at radius 1 is 0.675 bits per heavy atom. The number of hydrogen-bond donors (Lipinski definition) is 0. The second kappa shape index (κ2) is 12.7. The average Bonchev–Trinajstić information content (AvgIpc) is 2.88. The highest BCUT2D eigenvalue weighted by atomic mass is 32.2. The highest BCUT2D eigenvalue weighted by Crippen LogP contribution is 2.54. The maximum Gasteiger partial charge on any atom is 0.460 e. The van der Waals surface area contributed by atoms with Crippen LogP contribution in [0.4, 0.5) is 39.5 Å². The van der Waals surface area contributed by atoms with Gasteiger partial charge in [-0.2, -0.15) is 39.5 Å². The molecule has 0 unspecified atom stereocenters. The molecule has 0 aliphatic carbocycles. The Balaban J connectivity index is 0.000000296. The number of rotatable bonds is 9. The van der Waals surface area contributed by atoms with Crippen LogP contribution in [0.5, 0.6) is 5.75 Å². The third-order valence-electron chi connectivity index (χ3n) is 4.92. The average molecular weight is 621 g/mol. The molecule has 3 aromatic rings. The van der Waals surface area contributed by atoms with Gasteiger partial charge in [-0.05, 0) is 55.0 Å². The monoisotopic (exact) mass is 620 g/mol. The van der Waals surface area contributed by atoms with Gasteiger partial charge in [-0.3, -0.25) is 0 Å². The van der Waals surface area contributed by atoms with E-state index in [1.165, 1.54) is 14.7 Å². The maximum absolute atomic E-state index is 12.2. The molecule has 0 radical (unpaired) electrons. The van der Waals surface area contributed by atoms with Gasteiger partial charge in [0.15, 0.2) is 24.8 Å². The number of halogens is 9. The van der Waals surface area contributed by atoms with E-state index in [-0.39, 0.29) is 10.9 Å². The zero-order valence-electron chi connectivity index (χ0n) is 20.3. The van der Waals surface area contributed by atoms with Crippen LogP contribution >= 0.6 is 0 Å². The minimum absolute atomic E-state index is 0.0842. The van der Waals surface area contributed by atoms with Crippen molar-refractivity contribution in [2.24, 2.45) is 0 Å². The molecular formula is C25H21F9O4S2. The highest BCUT2D eigenvalue weighted by Gasteiger charge is 2.83. The molecule has 0 saturated carbocycles. The van der Waals surface area contributed by atoms with E-state index in [1.807, 2.05) is 0 Å². The number of hydrogen-bond acceptors (Lipinski definition) is 4. The summed E-state index contributed by atoms with van der Waals surface area (Å²) in [5.41, 5.74) is 0. The Morgan fingerprint density at radius 2 is 1.07 bits per heavy atom. The first-order chi connectivity index (χ1) is 18.4. The van der Waals surface area contributed by atoms with Gasteiger partial charge in [0, 0.05) is 0 Å². The van der Waals surface area contributed by atoms with Gasteiger partial charge in [0.25, 0.3) is 0 Å². The summed E-state index contributed by atoms with van der Waals surface area (Å²) in [6.45, 7) is 2.89. The molecule has 220 valence electrons. The quantitative estimate of drug-likeness (QED) is 0.141. The number of alkyl halides is 9. The van der Waals surface area contributed by atoms with Crippen LogP contribution in [0.2, 0.25) is 0 Å². The largest absolute Gasteiger partial charge is 0.743 e. The lowest BCUT2D eigenvalue weighted by atomic mass is 10.1. The molecule has 0 aliphatic rings. The lowest BCUT2D eigenvalue weighted by molar-refractivity contribution is -0.382. The van der Waals surface area contributed by atoms with Gasteiger partial charge in [-0.1, -0.05) is 43.3 Å². The number of benzene rings is 3. The molecular weight excluding hydrogens is 599 g/mol. The van der Waals surface area contributed by atoms with Crippen molar-refractivity contribution in [3.63, 3.8) is 0 Å².